The van der Waals surface area contributed by atoms with E-state index in [0.29, 0.717) is 5.69 Å². The van der Waals surface area contributed by atoms with E-state index < -0.39 is 0 Å². The van der Waals surface area contributed by atoms with E-state index in [1.807, 2.05) is 30.0 Å². The molecule has 1 fully saturated rings. The molecule has 3 rings (SSSR count). The van der Waals surface area contributed by atoms with E-state index >= 15 is 0 Å². The molecule has 0 atom stereocenters. The molecule has 0 radical (unpaired) electrons. The van der Waals surface area contributed by atoms with Crippen molar-refractivity contribution >= 4 is 11.6 Å². The van der Waals surface area contributed by atoms with E-state index in [2.05, 4.69) is 27.2 Å². The van der Waals surface area contributed by atoms with E-state index in [1.165, 1.54) is 5.69 Å². The smallest absolute Gasteiger partial charge is 0.274 e. The molecule has 104 valence electrons. The van der Waals surface area contributed by atoms with Crippen LogP contribution in [0.15, 0.2) is 36.4 Å². The van der Waals surface area contributed by atoms with Crippen molar-refractivity contribution in [2.45, 2.75) is 6.92 Å². The number of nitrogens with one attached hydrogen (secondary N) is 1. The summed E-state index contributed by atoms with van der Waals surface area (Å²) in [7, 11) is 0. The number of piperazine rings is 1. The molecule has 1 aromatic carbocycles. The van der Waals surface area contributed by atoms with Gasteiger partial charge < -0.3 is 9.80 Å². The average Bonchev–Trinajstić information content (AvgIpc) is 2.94. The Bertz CT molecular complexity index is 585. The van der Waals surface area contributed by atoms with Crippen LogP contribution in [-0.4, -0.2) is 47.2 Å². The number of rotatable bonds is 2. The van der Waals surface area contributed by atoms with Crippen LogP contribution in [0.25, 0.3) is 0 Å². The highest BCUT2D eigenvalue weighted by Gasteiger charge is 2.23. The van der Waals surface area contributed by atoms with Gasteiger partial charge in [-0.3, -0.25) is 9.89 Å². The fourth-order valence-electron chi connectivity index (χ4n) is 2.50. The zero-order valence-corrected chi connectivity index (χ0v) is 11.5. The Morgan fingerprint density at radius 3 is 2.45 bits per heavy atom. The van der Waals surface area contributed by atoms with Crippen molar-refractivity contribution in [2.24, 2.45) is 0 Å². The molecule has 2 heterocycles. The first-order chi connectivity index (χ1) is 9.74. The summed E-state index contributed by atoms with van der Waals surface area (Å²) in [6, 6.07) is 12.1. The highest BCUT2D eigenvalue weighted by molar-refractivity contribution is 5.92. The number of aromatic amines is 1. The minimum Gasteiger partial charge on any atom is -0.368 e. The van der Waals surface area contributed by atoms with Crippen LogP contribution < -0.4 is 4.90 Å². The Labute approximate surface area is 118 Å². The highest BCUT2D eigenvalue weighted by Crippen LogP contribution is 2.16. The Morgan fingerprint density at radius 1 is 1.15 bits per heavy atom. The van der Waals surface area contributed by atoms with Gasteiger partial charge >= 0.3 is 0 Å². The average molecular weight is 270 g/mol. The molecule has 0 unspecified atom stereocenters. The Kier molecular flexibility index (Phi) is 3.41. The van der Waals surface area contributed by atoms with Gasteiger partial charge in [-0.25, -0.2) is 0 Å². The summed E-state index contributed by atoms with van der Waals surface area (Å²) in [5.41, 5.74) is 2.64. The lowest BCUT2D eigenvalue weighted by Crippen LogP contribution is -2.48. The molecule has 0 saturated carbocycles. The minimum absolute atomic E-state index is 0.0158. The van der Waals surface area contributed by atoms with Gasteiger partial charge in [-0.1, -0.05) is 18.2 Å². The lowest BCUT2D eigenvalue weighted by molar-refractivity contribution is 0.0741. The molecule has 1 aliphatic heterocycles. The number of hydrogen-bond acceptors (Lipinski definition) is 3. The predicted molar refractivity (Wildman–Crippen MR) is 77.9 cm³/mol. The first-order valence-electron chi connectivity index (χ1n) is 6.85. The Balaban J connectivity index is 1.63. The van der Waals surface area contributed by atoms with E-state index in [-0.39, 0.29) is 5.91 Å². The van der Waals surface area contributed by atoms with Gasteiger partial charge in [0.05, 0.1) is 0 Å². The number of nitrogens with zero attached hydrogens (tertiary/aromatic N) is 3. The van der Waals surface area contributed by atoms with Crippen molar-refractivity contribution in [1.29, 1.82) is 0 Å². The largest absolute Gasteiger partial charge is 0.368 e. The summed E-state index contributed by atoms with van der Waals surface area (Å²) in [4.78, 5) is 16.5. The van der Waals surface area contributed by atoms with Gasteiger partial charge in [-0.05, 0) is 25.1 Å². The molecule has 1 saturated heterocycles. The van der Waals surface area contributed by atoms with Crippen LogP contribution >= 0.6 is 0 Å². The molecule has 20 heavy (non-hydrogen) atoms. The maximum absolute atomic E-state index is 12.3. The van der Waals surface area contributed by atoms with Crippen LogP contribution in [0.3, 0.4) is 0 Å². The topological polar surface area (TPSA) is 52.2 Å². The van der Waals surface area contributed by atoms with Crippen molar-refractivity contribution in [2.75, 3.05) is 31.1 Å². The Hall–Kier alpha value is -2.30. The molecule has 1 aromatic heterocycles. The molecular weight excluding hydrogens is 252 g/mol. The van der Waals surface area contributed by atoms with Crippen molar-refractivity contribution in [3.05, 3.63) is 47.8 Å². The van der Waals surface area contributed by atoms with E-state index in [0.717, 1.165) is 31.9 Å². The number of anilines is 1. The van der Waals surface area contributed by atoms with Gasteiger partial charge in [-0.15, -0.1) is 0 Å². The van der Waals surface area contributed by atoms with Gasteiger partial charge in [-0.2, -0.15) is 5.10 Å². The molecule has 0 aliphatic carbocycles. The fraction of sp³-hybridized carbons (Fsp3) is 0.333. The predicted octanol–water partition coefficient (Wildman–Crippen LogP) is 1.68. The third kappa shape index (κ3) is 2.52. The summed E-state index contributed by atoms with van der Waals surface area (Å²) < 4.78 is 0. The zero-order chi connectivity index (χ0) is 13.9. The maximum atomic E-state index is 12.3. The molecule has 1 aliphatic rings. The molecule has 5 heteroatoms. The summed E-state index contributed by atoms with van der Waals surface area (Å²) in [6.45, 7) is 5.09. The minimum atomic E-state index is 0.0158. The molecule has 2 aromatic rings. The molecule has 5 nitrogen and oxygen atoms in total. The number of carbonyl (C=O) groups excluding carboxylic acids is 1. The number of aromatic nitrogens is 2. The van der Waals surface area contributed by atoms with Crippen LogP contribution in [-0.2, 0) is 0 Å². The van der Waals surface area contributed by atoms with Crippen LogP contribution in [0.2, 0.25) is 0 Å². The summed E-state index contributed by atoms with van der Waals surface area (Å²) in [5.74, 6) is 0.0158. The number of para-hydroxylation sites is 1. The number of carbonyl (C=O) groups is 1. The van der Waals surface area contributed by atoms with Gasteiger partial charge in [0.2, 0.25) is 0 Å². The molecule has 0 spiro atoms. The highest BCUT2D eigenvalue weighted by atomic mass is 16.2. The van der Waals surface area contributed by atoms with Gasteiger partial charge in [0.15, 0.2) is 0 Å². The lowest BCUT2D eigenvalue weighted by Gasteiger charge is -2.35. The maximum Gasteiger partial charge on any atom is 0.274 e. The summed E-state index contributed by atoms with van der Waals surface area (Å²) in [6.07, 6.45) is 0. The van der Waals surface area contributed by atoms with E-state index in [4.69, 9.17) is 0 Å². The number of aryl methyl sites for hydroxylation is 1. The number of hydrogen-bond donors (Lipinski definition) is 1. The second-order valence-corrected chi connectivity index (χ2v) is 5.05. The molecule has 1 amide bonds. The van der Waals surface area contributed by atoms with Crippen molar-refractivity contribution in [3.8, 4) is 0 Å². The van der Waals surface area contributed by atoms with Gasteiger partial charge in [0, 0.05) is 37.6 Å². The van der Waals surface area contributed by atoms with Gasteiger partial charge in [0.1, 0.15) is 5.69 Å². The van der Waals surface area contributed by atoms with Crippen molar-refractivity contribution < 1.29 is 4.79 Å². The van der Waals surface area contributed by atoms with E-state index in [9.17, 15) is 4.79 Å². The van der Waals surface area contributed by atoms with Crippen molar-refractivity contribution in [3.63, 3.8) is 0 Å². The van der Waals surface area contributed by atoms with E-state index in [1.54, 1.807) is 6.07 Å². The van der Waals surface area contributed by atoms with Crippen LogP contribution in [0, 0.1) is 6.92 Å². The van der Waals surface area contributed by atoms with Crippen LogP contribution in [0.4, 0.5) is 5.69 Å². The lowest BCUT2D eigenvalue weighted by atomic mass is 10.2. The van der Waals surface area contributed by atoms with Crippen LogP contribution in [0.1, 0.15) is 16.2 Å². The SMILES string of the molecule is Cc1cc(C(=O)N2CCN(c3ccccc3)CC2)n[nH]1. The normalized spacial score (nSPS) is 15.4. The monoisotopic (exact) mass is 270 g/mol. The number of H-pyrrole nitrogens is 1. The quantitative estimate of drug-likeness (QED) is 0.903. The second kappa shape index (κ2) is 5.36. The molecule has 1 N–H and O–H groups in total. The second-order valence-electron chi connectivity index (χ2n) is 5.05. The van der Waals surface area contributed by atoms with Crippen molar-refractivity contribution in [1.82, 2.24) is 15.1 Å². The summed E-state index contributed by atoms with van der Waals surface area (Å²) >= 11 is 0. The Morgan fingerprint density at radius 2 is 1.85 bits per heavy atom. The third-order valence-electron chi connectivity index (χ3n) is 3.61. The third-order valence-corrected chi connectivity index (χ3v) is 3.61. The van der Waals surface area contributed by atoms with Gasteiger partial charge in [0.25, 0.3) is 5.91 Å². The summed E-state index contributed by atoms with van der Waals surface area (Å²) in [5, 5.41) is 6.85. The zero-order valence-electron chi connectivity index (χ0n) is 11.5. The standard InChI is InChI=1S/C15H18N4O/c1-12-11-14(17-16-12)15(20)19-9-7-18(8-10-19)13-5-3-2-4-6-13/h2-6,11H,7-10H2,1H3,(H,16,17). The first-order valence-corrected chi connectivity index (χ1v) is 6.85. The fourth-order valence-corrected chi connectivity index (χ4v) is 2.50. The molecule has 0 bridgehead atoms. The molecular formula is C15H18N4O. The van der Waals surface area contributed by atoms with Crippen LogP contribution in [0.5, 0.6) is 0 Å². The number of benzene rings is 1. The first kappa shape index (κ1) is 12.7. The number of amides is 1.